The molecule has 2 aromatic rings. The maximum atomic E-state index is 11.1. The van der Waals surface area contributed by atoms with Gasteiger partial charge in [-0.25, -0.2) is 0 Å². The molecule has 0 aromatic heterocycles. The number of benzene rings is 2. The first-order valence-corrected chi connectivity index (χ1v) is 8.45. The first-order valence-electron chi connectivity index (χ1n) is 6.78. The highest BCUT2D eigenvalue weighted by atomic mass is 79.9. The number of aliphatic carboxylic acids is 1. The first-order chi connectivity index (χ1) is 11.4. The third kappa shape index (κ3) is 6.51. The molecule has 0 bridgehead atoms. The van der Waals surface area contributed by atoms with Gasteiger partial charge < -0.3 is 9.84 Å². The summed E-state index contributed by atoms with van der Waals surface area (Å²) in [5, 5.41) is 9.49. The molecule has 24 heavy (non-hydrogen) atoms. The lowest BCUT2D eigenvalue weighted by Crippen LogP contribution is -2.08. The van der Waals surface area contributed by atoms with Crippen molar-refractivity contribution in [3.63, 3.8) is 0 Å². The van der Waals surface area contributed by atoms with Gasteiger partial charge in [-0.1, -0.05) is 75.5 Å². The van der Waals surface area contributed by atoms with E-state index in [4.69, 9.17) is 28.3 Å². The van der Waals surface area contributed by atoms with E-state index >= 15 is 0 Å². The number of halogens is 3. The van der Waals surface area contributed by atoms with Gasteiger partial charge in [-0.05, 0) is 23.3 Å². The molecular weight excluding hydrogens is 419 g/mol. The highest BCUT2D eigenvalue weighted by Crippen LogP contribution is 2.29. The van der Waals surface area contributed by atoms with Gasteiger partial charge in [-0.2, -0.15) is 0 Å². The van der Waals surface area contributed by atoms with Gasteiger partial charge in [0.05, 0.1) is 13.5 Å². The van der Waals surface area contributed by atoms with Gasteiger partial charge in [-0.3, -0.25) is 9.59 Å². The fourth-order valence-electron chi connectivity index (χ4n) is 1.72. The molecule has 0 saturated heterocycles. The van der Waals surface area contributed by atoms with Gasteiger partial charge in [0.15, 0.2) is 0 Å². The Morgan fingerprint density at radius 2 is 1.62 bits per heavy atom. The monoisotopic (exact) mass is 432 g/mol. The number of carboxylic acids is 1. The van der Waals surface area contributed by atoms with Crippen LogP contribution < -0.4 is 0 Å². The third-order valence-corrected chi connectivity index (χ3v) is 4.47. The number of esters is 1. The van der Waals surface area contributed by atoms with E-state index in [1.165, 1.54) is 7.11 Å². The molecule has 0 aliphatic carbocycles. The zero-order valence-electron chi connectivity index (χ0n) is 12.7. The fraction of sp³-hybridized carbons (Fsp3) is 0.176. The largest absolute Gasteiger partial charge is 0.481 e. The van der Waals surface area contributed by atoms with Crippen LogP contribution in [0.25, 0.3) is 0 Å². The number of hydrogen-bond donors (Lipinski definition) is 1. The summed E-state index contributed by atoms with van der Waals surface area (Å²) in [6.07, 6.45) is -0.0142. The molecule has 0 radical (unpaired) electrons. The second kappa shape index (κ2) is 10.3. The minimum Gasteiger partial charge on any atom is -0.481 e. The molecule has 2 aromatic carbocycles. The second-order valence-electron chi connectivity index (χ2n) is 4.57. The van der Waals surface area contributed by atoms with Crippen LogP contribution in [-0.2, 0) is 20.7 Å². The Bertz CT molecular complexity index is 706. The van der Waals surface area contributed by atoms with Crippen molar-refractivity contribution in [3.8, 4) is 0 Å². The van der Waals surface area contributed by atoms with Crippen LogP contribution in [0.3, 0.4) is 0 Å². The van der Waals surface area contributed by atoms with E-state index in [9.17, 15) is 9.59 Å². The van der Waals surface area contributed by atoms with Crippen molar-refractivity contribution in [2.45, 2.75) is 11.2 Å². The molecule has 1 unspecified atom stereocenters. The van der Waals surface area contributed by atoms with Gasteiger partial charge in [0.25, 0.3) is 0 Å². The number of carbonyl (C=O) groups excluding carboxylic acids is 1. The predicted octanol–water partition coefficient (Wildman–Crippen LogP) is 4.92. The number of rotatable bonds is 4. The molecular formula is C17H15BrCl2O4. The van der Waals surface area contributed by atoms with Gasteiger partial charge >= 0.3 is 11.9 Å². The lowest BCUT2D eigenvalue weighted by molar-refractivity contribution is -0.140. The van der Waals surface area contributed by atoms with Gasteiger partial charge in [0, 0.05) is 10.0 Å². The molecule has 0 amide bonds. The summed E-state index contributed by atoms with van der Waals surface area (Å²) in [6, 6.07) is 14.1. The second-order valence-corrected chi connectivity index (χ2v) is 6.30. The lowest BCUT2D eigenvalue weighted by Gasteiger charge is -2.08. The molecule has 2 rings (SSSR count). The normalized spacial score (nSPS) is 11.0. The van der Waals surface area contributed by atoms with Gasteiger partial charge in [0.1, 0.15) is 4.83 Å². The van der Waals surface area contributed by atoms with E-state index in [2.05, 4.69) is 20.7 Å². The average molecular weight is 434 g/mol. The van der Waals surface area contributed by atoms with Crippen LogP contribution in [0.4, 0.5) is 0 Å². The van der Waals surface area contributed by atoms with Crippen LogP contribution in [0.1, 0.15) is 16.0 Å². The smallest absolute Gasteiger partial charge is 0.324 e. The Hall–Kier alpha value is -1.56. The van der Waals surface area contributed by atoms with Crippen LogP contribution in [-0.4, -0.2) is 24.2 Å². The molecule has 0 aliphatic heterocycles. The summed E-state index contributed by atoms with van der Waals surface area (Å²) in [7, 11) is 1.34. The lowest BCUT2D eigenvalue weighted by atomic mass is 10.1. The van der Waals surface area contributed by atoms with E-state index < -0.39 is 10.8 Å². The molecule has 4 nitrogen and oxygen atoms in total. The minimum absolute atomic E-state index is 0.0142. The number of carboxylic acid groups (broad SMARTS) is 1. The van der Waals surface area contributed by atoms with E-state index in [1.807, 2.05) is 12.1 Å². The van der Waals surface area contributed by atoms with Gasteiger partial charge in [-0.15, -0.1) is 0 Å². The van der Waals surface area contributed by atoms with Crippen LogP contribution in [0.5, 0.6) is 0 Å². The Balaban J connectivity index is 0.000000243. The maximum Gasteiger partial charge on any atom is 0.324 e. The van der Waals surface area contributed by atoms with Crippen LogP contribution in [0, 0.1) is 0 Å². The summed E-state index contributed by atoms with van der Waals surface area (Å²) >= 11 is 14.8. The van der Waals surface area contributed by atoms with Crippen molar-refractivity contribution < 1.29 is 19.4 Å². The highest BCUT2D eigenvalue weighted by molar-refractivity contribution is 9.09. The predicted molar refractivity (Wildman–Crippen MR) is 97.9 cm³/mol. The Morgan fingerprint density at radius 1 is 1.08 bits per heavy atom. The molecule has 0 saturated carbocycles. The standard InChI is InChI=1S/C9H8BrClO2.C8H7ClO2/c1-13-9(12)8(10)6-4-2-3-5-7(6)11;9-7-4-2-1-3-6(7)5-8(10)11/h2-5,8H,1H3;1-4H,5H2,(H,10,11). The maximum absolute atomic E-state index is 11.1. The fourth-order valence-corrected chi connectivity index (χ4v) is 2.88. The van der Waals surface area contributed by atoms with Gasteiger partial charge in [0.2, 0.25) is 0 Å². The summed E-state index contributed by atoms with van der Waals surface area (Å²) in [6.45, 7) is 0. The highest BCUT2D eigenvalue weighted by Gasteiger charge is 2.19. The van der Waals surface area contributed by atoms with Crippen LogP contribution in [0.15, 0.2) is 48.5 Å². The molecule has 128 valence electrons. The Labute approximate surface area is 158 Å². The minimum atomic E-state index is -0.863. The molecule has 0 fully saturated rings. The summed E-state index contributed by atoms with van der Waals surface area (Å²) in [5.41, 5.74) is 1.37. The molecule has 0 aliphatic rings. The van der Waals surface area contributed by atoms with Crippen molar-refractivity contribution in [3.05, 3.63) is 69.7 Å². The van der Waals surface area contributed by atoms with Crippen molar-refractivity contribution in [2.75, 3.05) is 7.11 Å². The SMILES string of the molecule is COC(=O)C(Br)c1ccccc1Cl.O=C(O)Cc1ccccc1Cl. The molecule has 7 heteroatoms. The quantitative estimate of drug-likeness (QED) is 0.549. The number of hydrogen-bond acceptors (Lipinski definition) is 3. The van der Waals surface area contributed by atoms with Crippen LogP contribution >= 0.6 is 39.1 Å². The summed E-state index contributed by atoms with van der Waals surface area (Å²) in [4.78, 5) is 20.9. The Kier molecular flexibility index (Phi) is 8.82. The summed E-state index contributed by atoms with van der Waals surface area (Å²) < 4.78 is 4.58. The zero-order valence-corrected chi connectivity index (χ0v) is 15.8. The van der Waals surface area contributed by atoms with Crippen molar-refractivity contribution in [1.82, 2.24) is 0 Å². The first kappa shape index (κ1) is 20.5. The summed E-state index contributed by atoms with van der Waals surface area (Å²) in [5.74, 6) is -1.22. The number of methoxy groups -OCH3 is 1. The van der Waals surface area contributed by atoms with E-state index in [0.717, 1.165) is 5.56 Å². The molecule has 1 N–H and O–H groups in total. The Morgan fingerprint density at radius 3 is 2.12 bits per heavy atom. The number of carbonyl (C=O) groups is 2. The van der Waals surface area contributed by atoms with Crippen LogP contribution in [0.2, 0.25) is 10.0 Å². The molecule has 1 atom stereocenters. The van der Waals surface area contributed by atoms with E-state index in [-0.39, 0.29) is 12.4 Å². The zero-order chi connectivity index (χ0) is 18.1. The van der Waals surface area contributed by atoms with E-state index in [0.29, 0.717) is 15.6 Å². The molecule has 0 heterocycles. The topological polar surface area (TPSA) is 63.6 Å². The average Bonchev–Trinajstić information content (AvgIpc) is 2.56. The number of alkyl halides is 1. The van der Waals surface area contributed by atoms with Crippen molar-refractivity contribution >= 4 is 51.1 Å². The van der Waals surface area contributed by atoms with E-state index in [1.54, 1.807) is 36.4 Å². The molecule has 0 spiro atoms. The van der Waals surface area contributed by atoms with Crippen molar-refractivity contribution in [2.24, 2.45) is 0 Å². The van der Waals surface area contributed by atoms with Crippen molar-refractivity contribution in [1.29, 1.82) is 0 Å². The third-order valence-electron chi connectivity index (χ3n) is 2.89. The number of ether oxygens (including phenoxy) is 1.